The molecule has 2 aromatic carbocycles. The van der Waals surface area contributed by atoms with E-state index in [0.717, 1.165) is 4.47 Å². The summed E-state index contributed by atoms with van der Waals surface area (Å²) in [5.41, 5.74) is 1.17. The molecule has 0 saturated heterocycles. The standard InChI is InChI=1S/C17H18BrNO3/c1-3-21-14-9-10-16(22-4-2)15(11-14)19-17(20)12-5-7-13(18)8-6-12/h5-11H,3-4H2,1-2H3,(H,19,20). The fourth-order valence-electron chi connectivity index (χ4n) is 1.94. The molecule has 2 aromatic rings. The molecule has 1 N–H and O–H groups in total. The average molecular weight is 364 g/mol. The van der Waals surface area contributed by atoms with Crippen molar-refractivity contribution in [2.75, 3.05) is 18.5 Å². The third-order valence-corrected chi connectivity index (χ3v) is 3.45. The number of carbonyl (C=O) groups is 1. The molecule has 1 amide bonds. The molecule has 116 valence electrons. The zero-order valence-corrected chi connectivity index (χ0v) is 14.1. The van der Waals surface area contributed by atoms with Gasteiger partial charge in [0.2, 0.25) is 0 Å². The van der Waals surface area contributed by atoms with E-state index < -0.39 is 0 Å². The number of anilines is 1. The van der Waals surface area contributed by atoms with Crippen LogP contribution >= 0.6 is 15.9 Å². The minimum Gasteiger partial charge on any atom is -0.494 e. The van der Waals surface area contributed by atoms with Crippen LogP contribution in [0.25, 0.3) is 0 Å². The van der Waals surface area contributed by atoms with E-state index >= 15 is 0 Å². The van der Waals surface area contributed by atoms with Crippen molar-refractivity contribution in [1.82, 2.24) is 0 Å². The van der Waals surface area contributed by atoms with Crippen molar-refractivity contribution in [3.05, 3.63) is 52.5 Å². The smallest absolute Gasteiger partial charge is 0.255 e. The molecule has 0 radical (unpaired) electrons. The first-order valence-electron chi connectivity index (χ1n) is 7.10. The van der Waals surface area contributed by atoms with Gasteiger partial charge in [-0.15, -0.1) is 0 Å². The van der Waals surface area contributed by atoms with Crippen molar-refractivity contribution >= 4 is 27.5 Å². The van der Waals surface area contributed by atoms with Crippen LogP contribution in [-0.2, 0) is 0 Å². The quantitative estimate of drug-likeness (QED) is 0.821. The van der Waals surface area contributed by atoms with E-state index in [9.17, 15) is 4.79 Å². The van der Waals surface area contributed by atoms with Gasteiger partial charge in [0.05, 0.1) is 18.9 Å². The molecule has 22 heavy (non-hydrogen) atoms. The van der Waals surface area contributed by atoms with E-state index in [0.29, 0.717) is 36.0 Å². The number of halogens is 1. The summed E-state index contributed by atoms with van der Waals surface area (Å²) in [6, 6.07) is 12.6. The van der Waals surface area contributed by atoms with Gasteiger partial charge in [-0.3, -0.25) is 4.79 Å². The summed E-state index contributed by atoms with van der Waals surface area (Å²) in [7, 11) is 0. The van der Waals surface area contributed by atoms with Gasteiger partial charge in [0, 0.05) is 16.1 Å². The van der Waals surface area contributed by atoms with Crippen LogP contribution in [0.5, 0.6) is 11.5 Å². The lowest BCUT2D eigenvalue weighted by atomic mass is 10.2. The minimum atomic E-state index is -0.192. The number of amides is 1. The SMILES string of the molecule is CCOc1ccc(OCC)c(NC(=O)c2ccc(Br)cc2)c1. The second-order valence-electron chi connectivity index (χ2n) is 4.49. The zero-order valence-electron chi connectivity index (χ0n) is 12.6. The van der Waals surface area contributed by atoms with Gasteiger partial charge >= 0.3 is 0 Å². The van der Waals surface area contributed by atoms with Gasteiger partial charge in [0.25, 0.3) is 5.91 Å². The molecule has 0 atom stereocenters. The van der Waals surface area contributed by atoms with E-state index in [4.69, 9.17) is 9.47 Å². The van der Waals surface area contributed by atoms with Crippen molar-refractivity contribution in [1.29, 1.82) is 0 Å². The maximum atomic E-state index is 12.3. The maximum absolute atomic E-state index is 12.3. The molecule has 0 unspecified atom stereocenters. The van der Waals surface area contributed by atoms with Crippen LogP contribution in [0, 0.1) is 0 Å². The number of hydrogen-bond donors (Lipinski definition) is 1. The van der Waals surface area contributed by atoms with Gasteiger partial charge in [-0.05, 0) is 50.2 Å². The summed E-state index contributed by atoms with van der Waals surface area (Å²) in [5, 5.41) is 2.87. The largest absolute Gasteiger partial charge is 0.494 e. The topological polar surface area (TPSA) is 47.6 Å². The summed E-state index contributed by atoms with van der Waals surface area (Å²) < 4.78 is 11.9. The molecule has 0 aliphatic heterocycles. The highest BCUT2D eigenvalue weighted by atomic mass is 79.9. The second kappa shape index (κ2) is 7.84. The number of hydrogen-bond acceptors (Lipinski definition) is 3. The van der Waals surface area contributed by atoms with E-state index in [1.54, 1.807) is 24.3 Å². The maximum Gasteiger partial charge on any atom is 0.255 e. The van der Waals surface area contributed by atoms with Crippen LogP contribution in [0.4, 0.5) is 5.69 Å². The molecule has 0 heterocycles. The van der Waals surface area contributed by atoms with Crippen LogP contribution in [-0.4, -0.2) is 19.1 Å². The number of benzene rings is 2. The van der Waals surface area contributed by atoms with Crippen molar-refractivity contribution in [2.24, 2.45) is 0 Å². The van der Waals surface area contributed by atoms with Crippen molar-refractivity contribution in [3.63, 3.8) is 0 Å². The van der Waals surface area contributed by atoms with Crippen molar-refractivity contribution in [2.45, 2.75) is 13.8 Å². The lowest BCUT2D eigenvalue weighted by Crippen LogP contribution is -2.13. The van der Waals surface area contributed by atoms with E-state index in [-0.39, 0.29) is 5.91 Å². The number of rotatable bonds is 6. The Labute approximate surface area is 138 Å². The van der Waals surface area contributed by atoms with Crippen LogP contribution in [0.2, 0.25) is 0 Å². The summed E-state index contributed by atoms with van der Waals surface area (Å²) in [4.78, 5) is 12.3. The van der Waals surface area contributed by atoms with E-state index in [1.165, 1.54) is 0 Å². The lowest BCUT2D eigenvalue weighted by Gasteiger charge is -2.13. The predicted octanol–water partition coefficient (Wildman–Crippen LogP) is 4.50. The molecule has 2 rings (SSSR count). The van der Waals surface area contributed by atoms with Crippen LogP contribution in [0.3, 0.4) is 0 Å². The summed E-state index contributed by atoms with van der Waals surface area (Å²) in [6.45, 7) is 4.90. The Morgan fingerprint density at radius 3 is 2.36 bits per heavy atom. The molecule has 4 nitrogen and oxygen atoms in total. The third kappa shape index (κ3) is 4.24. The molecule has 0 bridgehead atoms. The monoisotopic (exact) mass is 363 g/mol. The fraction of sp³-hybridized carbons (Fsp3) is 0.235. The van der Waals surface area contributed by atoms with Crippen LogP contribution in [0.15, 0.2) is 46.9 Å². The predicted molar refractivity (Wildman–Crippen MR) is 90.9 cm³/mol. The number of carbonyl (C=O) groups excluding carboxylic acids is 1. The normalized spacial score (nSPS) is 10.1. The van der Waals surface area contributed by atoms with Gasteiger partial charge in [0.15, 0.2) is 0 Å². The summed E-state index contributed by atoms with van der Waals surface area (Å²) >= 11 is 3.35. The Morgan fingerprint density at radius 1 is 1.05 bits per heavy atom. The molecular weight excluding hydrogens is 346 g/mol. The molecule has 0 aliphatic carbocycles. The molecule has 0 aromatic heterocycles. The van der Waals surface area contributed by atoms with Crippen LogP contribution < -0.4 is 14.8 Å². The summed E-state index contributed by atoms with van der Waals surface area (Å²) in [5.74, 6) is 1.12. The van der Waals surface area contributed by atoms with Gasteiger partial charge in [-0.25, -0.2) is 0 Å². The molecule has 0 saturated carbocycles. The first-order valence-corrected chi connectivity index (χ1v) is 7.90. The fourth-order valence-corrected chi connectivity index (χ4v) is 2.20. The van der Waals surface area contributed by atoms with Gasteiger partial charge in [0.1, 0.15) is 11.5 Å². The number of ether oxygens (including phenoxy) is 2. The molecule has 0 fully saturated rings. The molecule has 0 aliphatic rings. The summed E-state index contributed by atoms with van der Waals surface area (Å²) in [6.07, 6.45) is 0. The molecular formula is C17H18BrNO3. The van der Waals surface area contributed by atoms with E-state index in [1.807, 2.05) is 32.0 Å². The van der Waals surface area contributed by atoms with Crippen LogP contribution in [0.1, 0.15) is 24.2 Å². The Hall–Kier alpha value is -2.01. The Bertz CT molecular complexity index is 641. The lowest BCUT2D eigenvalue weighted by molar-refractivity contribution is 0.102. The van der Waals surface area contributed by atoms with Crippen molar-refractivity contribution < 1.29 is 14.3 Å². The highest BCUT2D eigenvalue weighted by Crippen LogP contribution is 2.30. The van der Waals surface area contributed by atoms with Crippen molar-refractivity contribution in [3.8, 4) is 11.5 Å². The first-order chi connectivity index (χ1) is 10.6. The average Bonchev–Trinajstić information content (AvgIpc) is 2.51. The second-order valence-corrected chi connectivity index (χ2v) is 5.40. The first kappa shape index (κ1) is 16.4. The number of nitrogens with one attached hydrogen (secondary N) is 1. The minimum absolute atomic E-state index is 0.192. The van der Waals surface area contributed by atoms with Gasteiger partial charge in [-0.1, -0.05) is 15.9 Å². The molecule has 0 spiro atoms. The van der Waals surface area contributed by atoms with Gasteiger partial charge in [-0.2, -0.15) is 0 Å². The highest BCUT2D eigenvalue weighted by molar-refractivity contribution is 9.10. The Kier molecular flexibility index (Phi) is 5.83. The highest BCUT2D eigenvalue weighted by Gasteiger charge is 2.11. The zero-order chi connectivity index (χ0) is 15.9. The Balaban J connectivity index is 2.23. The van der Waals surface area contributed by atoms with E-state index in [2.05, 4.69) is 21.2 Å². The Morgan fingerprint density at radius 2 is 1.73 bits per heavy atom. The van der Waals surface area contributed by atoms with Gasteiger partial charge < -0.3 is 14.8 Å². The third-order valence-electron chi connectivity index (χ3n) is 2.92. The molecule has 5 heteroatoms.